The molecule has 8 nitrogen and oxygen atoms in total. The van der Waals surface area contributed by atoms with E-state index in [1.807, 2.05) is 44.3 Å². The molecule has 1 saturated heterocycles. The van der Waals surface area contributed by atoms with Gasteiger partial charge in [0, 0.05) is 23.6 Å². The number of carbonyl (C=O) groups is 3. The van der Waals surface area contributed by atoms with Crippen LogP contribution >= 0.6 is 0 Å². The molecule has 8 heteroatoms. The first-order valence-electron chi connectivity index (χ1n) is 9.96. The fraction of sp³-hybridized carbons (Fsp3) is 0.476. The quantitative estimate of drug-likeness (QED) is 0.478. The molecule has 156 valence electrons. The van der Waals surface area contributed by atoms with Crippen LogP contribution in [0.5, 0.6) is 0 Å². The summed E-state index contributed by atoms with van der Waals surface area (Å²) in [5, 5.41) is 15.8. The molecule has 1 aliphatic rings. The zero-order valence-corrected chi connectivity index (χ0v) is 16.8. The van der Waals surface area contributed by atoms with Gasteiger partial charge in [-0.2, -0.15) is 0 Å². The number of amides is 4. The van der Waals surface area contributed by atoms with Gasteiger partial charge in [-0.1, -0.05) is 32.0 Å². The van der Waals surface area contributed by atoms with Crippen molar-refractivity contribution >= 4 is 28.7 Å². The van der Waals surface area contributed by atoms with Gasteiger partial charge in [0.05, 0.1) is 19.1 Å². The maximum Gasteiger partial charge on any atom is 0.324 e. The molecule has 1 fully saturated rings. The van der Waals surface area contributed by atoms with Crippen molar-refractivity contribution < 1.29 is 19.5 Å². The highest BCUT2D eigenvalue weighted by molar-refractivity contribution is 6.05. The van der Waals surface area contributed by atoms with Gasteiger partial charge in [0.25, 0.3) is 5.91 Å². The molecule has 0 radical (unpaired) electrons. The third kappa shape index (κ3) is 4.95. The van der Waals surface area contributed by atoms with Gasteiger partial charge >= 0.3 is 6.03 Å². The van der Waals surface area contributed by atoms with Crippen LogP contribution in [0.25, 0.3) is 10.9 Å². The number of aromatic amines is 1. The number of hydrogen-bond acceptors (Lipinski definition) is 4. The number of imide groups is 1. The molecule has 2 unspecified atom stereocenters. The number of rotatable bonds is 9. The number of carbonyl (C=O) groups excluding carboxylic acids is 3. The molecule has 3 rings (SSSR count). The Kier molecular flexibility index (Phi) is 6.53. The first-order chi connectivity index (χ1) is 13.9. The predicted octanol–water partition coefficient (Wildman–Crippen LogP) is 1.54. The maximum absolute atomic E-state index is 12.6. The normalized spacial score (nSPS) is 17.8. The Morgan fingerprint density at radius 2 is 2.03 bits per heavy atom. The van der Waals surface area contributed by atoms with Crippen molar-refractivity contribution in [3.8, 4) is 0 Å². The molecule has 1 aromatic carbocycles. The van der Waals surface area contributed by atoms with Crippen LogP contribution in [0.15, 0.2) is 30.5 Å². The average molecular weight is 400 g/mol. The largest absolute Gasteiger partial charge is 0.394 e. The van der Waals surface area contributed by atoms with Gasteiger partial charge < -0.3 is 20.7 Å². The molecule has 1 aromatic heterocycles. The number of nitrogens with zero attached hydrogens (tertiary/aromatic N) is 1. The van der Waals surface area contributed by atoms with E-state index in [9.17, 15) is 19.5 Å². The second-order valence-electron chi connectivity index (χ2n) is 7.88. The Morgan fingerprint density at radius 1 is 1.28 bits per heavy atom. The molecule has 4 amide bonds. The van der Waals surface area contributed by atoms with E-state index in [1.54, 1.807) is 0 Å². The van der Waals surface area contributed by atoms with E-state index in [0.717, 1.165) is 21.4 Å². The third-order valence-corrected chi connectivity index (χ3v) is 5.12. The average Bonchev–Trinajstić information content (AvgIpc) is 3.20. The molecule has 2 atom stereocenters. The number of H-pyrrole nitrogens is 1. The van der Waals surface area contributed by atoms with E-state index in [0.29, 0.717) is 18.8 Å². The van der Waals surface area contributed by atoms with Crippen LogP contribution in [0.2, 0.25) is 0 Å². The van der Waals surface area contributed by atoms with Crippen molar-refractivity contribution in [1.82, 2.24) is 20.5 Å². The molecule has 29 heavy (non-hydrogen) atoms. The highest BCUT2D eigenvalue weighted by atomic mass is 16.3. The van der Waals surface area contributed by atoms with E-state index in [1.165, 1.54) is 0 Å². The van der Waals surface area contributed by atoms with Crippen LogP contribution in [0.4, 0.5) is 4.79 Å². The number of aromatic nitrogens is 1. The maximum atomic E-state index is 12.6. The van der Waals surface area contributed by atoms with Crippen molar-refractivity contribution in [1.29, 1.82) is 0 Å². The second kappa shape index (κ2) is 9.09. The summed E-state index contributed by atoms with van der Waals surface area (Å²) >= 11 is 0. The molecule has 0 bridgehead atoms. The highest BCUT2D eigenvalue weighted by Gasteiger charge is 2.39. The number of urea groups is 1. The summed E-state index contributed by atoms with van der Waals surface area (Å²) in [6, 6.07) is 6.15. The number of benzene rings is 1. The first kappa shape index (κ1) is 20.9. The smallest absolute Gasteiger partial charge is 0.324 e. The SMILES string of the molecule is CC(C)CC(CO)NC(=O)CC1NC(=O)N(CCc2c[nH]c3ccccc23)C1=O. The molecule has 4 N–H and O–H groups in total. The summed E-state index contributed by atoms with van der Waals surface area (Å²) in [4.78, 5) is 41.4. The first-order valence-corrected chi connectivity index (χ1v) is 9.96. The van der Waals surface area contributed by atoms with Crippen LogP contribution in [-0.2, 0) is 16.0 Å². The number of aliphatic hydroxyl groups excluding tert-OH is 1. The minimum absolute atomic E-state index is 0.136. The van der Waals surface area contributed by atoms with Crippen LogP contribution in [0, 0.1) is 5.92 Å². The van der Waals surface area contributed by atoms with Crippen molar-refractivity contribution in [2.24, 2.45) is 5.92 Å². The highest BCUT2D eigenvalue weighted by Crippen LogP contribution is 2.19. The Labute approximate surface area is 169 Å². The second-order valence-corrected chi connectivity index (χ2v) is 7.88. The van der Waals surface area contributed by atoms with E-state index in [-0.39, 0.29) is 31.5 Å². The van der Waals surface area contributed by atoms with E-state index < -0.39 is 18.0 Å². The number of para-hydroxylation sites is 1. The molecular formula is C21H28N4O4. The van der Waals surface area contributed by atoms with Crippen molar-refractivity contribution in [3.05, 3.63) is 36.0 Å². The summed E-state index contributed by atoms with van der Waals surface area (Å²) in [7, 11) is 0. The number of fused-ring (bicyclic) bond motifs is 1. The topological polar surface area (TPSA) is 115 Å². The van der Waals surface area contributed by atoms with Crippen LogP contribution in [0.1, 0.15) is 32.3 Å². The van der Waals surface area contributed by atoms with Crippen molar-refractivity contribution in [2.45, 2.75) is 45.2 Å². The van der Waals surface area contributed by atoms with E-state index >= 15 is 0 Å². The van der Waals surface area contributed by atoms with Crippen LogP contribution < -0.4 is 10.6 Å². The van der Waals surface area contributed by atoms with Gasteiger partial charge in [-0.3, -0.25) is 14.5 Å². The molecule has 0 saturated carbocycles. The van der Waals surface area contributed by atoms with E-state index in [4.69, 9.17) is 0 Å². The summed E-state index contributed by atoms with van der Waals surface area (Å²) in [6.07, 6.45) is 2.92. The molecule has 2 heterocycles. The van der Waals surface area contributed by atoms with Crippen molar-refractivity contribution in [2.75, 3.05) is 13.2 Å². The van der Waals surface area contributed by atoms with E-state index in [2.05, 4.69) is 15.6 Å². The van der Waals surface area contributed by atoms with Gasteiger partial charge in [-0.15, -0.1) is 0 Å². The zero-order chi connectivity index (χ0) is 21.0. The number of hydrogen-bond donors (Lipinski definition) is 4. The molecular weight excluding hydrogens is 372 g/mol. The molecule has 2 aromatic rings. The Morgan fingerprint density at radius 3 is 2.76 bits per heavy atom. The minimum Gasteiger partial charge on any atom is -0.394 e. The fourth-order valence-corrected chi connectivity index (χ4v) is 3.72. The number of nitrogens with one attached hydrogen (secondary N) is 3. The zero-order valence-electron chi connectivity index (χ0n) is 16.8. The third-order valence-electron chi connectivity index (χ3n) is 5.12. The lowest BCUT2D eigenvalue weighted by molar-refractivity contribution is -0.131. The molecule has 0 spiro atoms. The van der Waals surface area contributed by atoms with Crippen LogP contribution in [-0.4, -0.2) is 58.1 Å². The summed E-state index contributed by atoms with van der Waals surface area (Å²) in [5.41, 5.74) is 2.04. The molecule has 1 aliphatic heterocycles. The predicted molar refractivity (Wildman–Crippen MR) is 109 cm³/mol. The summed E-state index contributed by atoms with van der Waals surface area (Å²) < 4.78 is 0. The summed E-state index contributed by atoms with van der Waals surface area (Å²) in [5.74, 6) is -0.434. The van der Waals surface area contributed by atoms with Gasteiger partial charge in [0.15, 0.2) is 0 Å². The standard InChI is InChI=1S/C21H28N4O4/c1-13(2)9-15(12-26)23-19(27)10-18-20(28)25(21(29)24-18)8-7-14-11-22-17-6-4-3-5-16(14)17/h3-6,11,13,15,18,22,26H,7-10,12H2,1-2H3,(H,23,27)(H,24,29). The molecule has 0 aliphatic carbocycles. The van der Waals surface area contributed by atoms with Gasteiger partial charge in [-0.05, 0) is 30.4 Å². The lowest BCUT2D eigenvalue weighted by Gasteiger charge is -2.19. The Balaban J connectivity index is 1.56. The lowest BCUT2D eigenvalue weighted by atomic mass is 10.0. The number of aliphatic hydroxyl groups is 1. The Bertz CT molecular complexity index is 892. The van der Waals surface area contributed by atoms with Crippen LogP contribution in [0.3, 0.4) is 0 Å². The van der Waals surface area contributed by atoms with Gasteiger partial charge in [0.2, 0.25) is 5.91 Å². The fourth-order valence-electron chi connectivity index (χ4n) is 3.72. The monoisotopic (exact) mass is 400 g/mol. The Hall–Kier alpha value is -2.87. The van der Waals surface area contributed by atoms with Gasteiger partial charge in [-0.25, -0.2) is 4.79 Å². The summed E-state index contributed by atoms with van der Waals surface area (Å²) in [6.45, 7) is 4.09. The lowest BCUT2D eigenvalue weighted by Crippen LogP contribution is -2.42. The minimum atomic E-state index is -0.871. The van der Waals surface area contributed by atoms with Crippen molar-refractivity contribution in [3.63, 3.8) is 0 Å². The van der Waals surface area contributed by atoms with Gasteiger partial charge in [0.1, 0.15) is 6.04 Å².